The smallest absolute Gasteiger partial charge is 0.241 e. The van der Waals surface area contributed by atoms with Crippen LogP contribution in [0.25, 0.3) is 10.8 Å². The van der Waals surface area contributed by atoms with Crippen LogP contribution in [0.5, 0.6) is 5.88 Å². The first kappa shape index (κ1) is 8.19. The molecule has 0 N–H and O–H groups in total. The van der Waals surface area contributed by atoms with Gasteiger partial charge in [0.05, 0.1) is 12.5 Å². The van der Waals surface area contributed by atoms with Crippen LogP contribution in [0.1, 0.15) is 0 Å². The third-order valence-electron chi connectivity index (χ3n) is 1.70. The monoisotopic (exact) mass is 195 g/mol. The maximum Gasteiger partial charge on any atom is 0.241 e. The Bertz CT molecular complexity index is 446. The lowest BCUT2D eigenvalue weighted by molar-refractivity contribution is 0.398. The van der Waals surface area contributed by atoms with E-state index >= 15 is 0 Å². The van der Waals surface area contributed by atoms with E-state index in [0.717, 1.165) is 10.8 Å². The van der Waals surface area contributed by atoms with E-state index in [-0.39, 0.29) is 0 Å². The first-order valence-corrected chi connectivity index (χ1v) is 4.00. The quantitative estimate of drug-likeness (QED) is 0.695. The van der Waals surface area contributed by atoms with Crippen molar-refractivity contribution < 1.29 is 4.74 Å². The summed E-state index contributed by atoms with van der Waals surface area (Å²) in [4.78, 5) is 3.94. The van der Waals surface area contributed by atoms with Crippen molar-refractivity contribution in [2.45, 2.75) is 0 Å². The maximum atomic E-state index is 5.82. The van der Waals surface area contributed by atoms with Gasteiger partial charge in [-0.25, -0.2) is 0 Å². The van der Waals surface area contributed by atoms with Crippen molar-refractivity contribution in [3.63, 3.8) is 0 Å². The molecule has 2 rings (SSSR count). The molecule has 0 aliphatic rings. The Morgan fingerprint density at radius 2 is 2.15 bits per heavy atom. The molecule has 4 nitrogen and oxygen atoms in total. The molecule has 66 valence electrons. The second-order valence-electron chi connectivity index (χ2n) is 2.42. The van der Waals surface area contributed by atoms with E-state index in [1.807, 2.05) is 0 Å². The van der Waals surface area contributed by atoms with Gasteiger partial charge in [0.1, 0.15) is 0 Å². The lowest BCUT2D eigenvalue weighted by Gasteiger charge is -2.02. The summed E-state index contributed by atoms with van der Waals surface area (Å²) < 4.78 is 5.02. The van der Waals surface area contributed by atoms with Crippen LogP contribution >= 0.6 is 11.6 Å². The predicted octanol–water partition coefficient (Wildman–Crippen LogP) is 1.69. The highest BCUT2D eigenvalue weighted by molar-refractivity contribution is 6.34. The van der Waals surface area contributed by atoms with Crippen LogP contribution in [-0.2, 0) is 0 Å². The molecular weight excluding hydrogens is 190 g/mol. The lowest BCUT2D eigenvalue weighted by Crippen LogP contribution is -1.93. The fourth-order valence-electron chi connectivity index (χ4n) is 1.09. The van der Waals surface area contributed by atoms with Crippen LogP contribution in [-0.4, -0.2) is 22.3 Å². The number of pyridine rings is 1. The molecule has 0 fully saturated rings. The van der Waals surface area contributed by atoms with E-state index in [2.05, 4.69) is 15.2 Å². The molecule has 0 saturated heterocycles. The molecule has 13 heavy (non-hydrogen) atoms. The Hall–Kier alpha value is -1.42. The largest absolute Gasteiger partial charge is 0.479 e. The second-order valence-corrected chi connectivity index (χ2v) is 2.78. The highest BCUT2D eigenvalue weighted by atomic mass is 35.5. The molecule has 0 aromatic carbocycles. The van der Waals surface area contributed by atoms with Crippen LogP contribution in [0.4, 0.5) is 0 Å². The van der Waals surface area contributed by atoms with Gasteiger partial charge in [-0.3, -0.25) is 4.98 Å². The van der Waals surface area contributed by atoms with Crippen LogP contribution in [0.2, 0.25) is 5.15 Å². The van der Waals surface area contributed by atoms with Crippen molar-refractivity contribution in [1.82, 2.24) is 15.2 Å². The highest BCUT2D eigenvalue weighted by Crippen LogP contribution is 2.25. The number of aromatic nitrogens is 3. The van der Waals surface area contributed by atoms with Gasteiger partial charge < -0.3 is 4.74 Å². The Balaban J connectivity index is 2.84. The topological polar surface area (TPSA) is 47.9 Å². The molecule has 0 amide bonds. The van der Waals surface area contributed by atoms with E-state index < -0.39 is 0 Å². The summed E-state index contributed by atoms with van der Waals surface area (Å²) in [6.07, 6.45) is 3.29. The standard InChI is InChI=1S/C8H6ClN3O/c1-13-8-5-2-3-10-4-6(5)7(9)11-12-8/h2-4H,1H3. The normalized spacial score (nSPS) is 10.3. The fraction of sp³-hybridized carbons (Fsp3) is 0.125. The molecule has 0 bridgehead atoms. The van der Waals surface area contributed by atoms with Gasteiger partial charge in [-0.2, -0.15) is 0 Å². The molecule has 0 aliphatic carbocycles. The summed E-state index contributed by atoms with van der Waals surface area (Å²) in [5, 5.41) is 9.42. The summed E-state index contributed by atoms with van der Waals surface area (Å²) in [6.45, 7) is 0. The number of hydrogen-bond donors (Lipinski definition) is 0. The van der Waals surface area contributed by atoms with E-state index in [1.54, 1.807) is 18.5 Å². The maximum absolute atomic E-state index is 5.82. The Morgan fingerprint density at radius 1 is 1.31 bits per heavy atom. The van der Waals surface area contributed by atoms with Crippen molar-refractivity contribution in [3.05, 3.63) is 23.6 Å². The van der Waals surface area contributed by atoms with E-state index in [0.29, 0.717) is 11.0 Å². The molecule has 0 atom stereocenters. The molecular formula is C8H6ClN3O. The number of halogens is 1. The molecule has 2 aromatic heterocycles. The Morgan fingerprint density at radius 3 is 2.92 bits per heavy atom. The average Bonchev–Trinajstić information content (AvgIpc) is 2.19. The number of hydrogen-bond acceptors (Lipinski definition) is 4. The number of fused-ring (bicyclic) bond motifs is 1. The molecule has 5 heteroatoms. The molecule has 0 unspecified atom stereocenters. The van der Waals surface area contributed by atoms with Crippen molar-refractivity contribution in [1.29, 1.82) is 0 Å². The van der Waals surface area contributed by atoms with E-state index in [9.17, 15) is 0 Å². The third-order valence-corrected chi connectivity index (χ3v) is 1.97. The van der Waals surface area contributed by atoms with Gasteiger partial charge in [-0.15, -0.1) is 10.2 Å². The van der Waals surface area contributed by atoms with Gasteiger partial charge in [0.25, 0.3) is 0 Å². The minimum atomic E-state index is 0.337. The molecule has 0 saturated carbocycles. The molecule has 0 radical (unpaired) electrons. The second kappa shape index (κ2) is 3.14. The number of ether oxygens (including phenoxy) is 1. The Kier molecular flexibility index (Phi) is 1.98. The average molecular weight is 196 g/mol. The zero-order valence-electron chi connectivity index (χ0n) is 6.86. The van der Waals surface area contributed by atoms with Crippen LogP contribution in [0, 0.1) is 0 Å². The van der Waals surface area contributed by atoms with Gasteiger partial charge in [-0.05, 0) is 6.07 Å². The predicted molar refractivity (Wildman–Crippen MR) is 48.9 cm³/mol. The third kappa shape index (κ3) is 1.29. The zero-order valence-corrected chi connectivity index (χ0v) is 7.62. The first-order valence-electron chi connectivity index (χ1n) is 3.63. The lowest BCUT2D eigenvalue weighted by atomic mass is 10.2. The van der Waals surface area contributed by atoms with Crippen molar-refractivity contribution in [3.8, 4) is 5.88 Å². The highest BCUT2D eigenvalue weighted by Gasteiger charge is 2.06. The SMILES string of the molecule is COc1nnc(Cl)c2cnccc12. The van der Waals surface area contributed by atoms with Crippen molar-refractivity contribution in [2.24, 2.45) is 0 Å². The van der Waals surface area contributed by atoms with E-state index in [1.165, 1.54) is 7.11 Å². The van der Waals surface area contributed by atoms with Gasteiger partial charge in [-0.1, -0.05) is 11.6 Å². The zero-order chi connectivity index (χ0) is 9.26. The van der Waals surface area contributed by atoms with Gasteiger partial charge in [0.15, 0.2) is 5.15 Å². The van der Waals surface area contributed by atoms with E-state index in [4.69, 9.17) is 16.3 Å². The summed E-state index contributed by atoms with van der Waals surface area (Å²) >= 11 is 5.82. The van der Waals surface area contributed by atoms with Crippen molar-refractivity contribution >= 4 is 22.4 Å². The molecule has 0 aliphatic heterocycles. The van der Waals surface area contributed by atoms with Gasteiger partial charge in [0, 0.05) is 17.8 Å². The molecule has 2 heterocycles. The number of nitrogens with zero attached hydrogens (tertiary/aromatic N) is 3. The first-order chi connectivity index (χ1) is 6.33. The minimum absolute atomic E-state index is 0.337. The van der Waals surface area contributed by atoms with Crippen LogP contribution < -0.4 is 4.74 Å². The summed E-state index contributed by atoms with van der Waals surface area (Å²) in [5.74, 6) is 0.460. The Labute approximate surface area is 79.5 Å². The molecule has 2 aromatic rings. The molecule has 0 spiro atoms. The summed E-state index contributed by atoms with van der Waals surface area (Å²) in [7, 11) is 1.54. The van der Waals surface area contributed by atoms with Crippen LogP contribution in [0.3, 0.4) is 0 Å². The van der Waals surface area contributed by atoms with Gasteiger partial charge in [0.2, 0.25) is 5.88 Å². The number of rotatable bonds is 1. The summed E-state index contributed by atoms with van der Waals surface area (Å²) in [5.41, 5.74) is 0. The summed E-state index contributed by atoms with van der Waals surface area (Å²) in [6, 6.07) is 1.79. The number of methoxy groups -OCH3 is 1. The van der Waals surface area contributed by atoms with Gasteiger partial charge >= 0.3 is 0 Å². The minimum Gasteiger partial charge on any atom is -0.479 e. The fourth-order valence-corrected chi connectivity index (χ4v) is 1.28. The van der Waals surface area contributed by atoms with Crippen LogP contribution in [0.15, 0.2) is 18.5 Å². The van der Waals surface area contributed by atoms with Crippen molar-refractivity contribution in [2.75, 3.05) is 7.11 Å².